The second-order valence-corrected chi connectivity index (χ2v) is 8.87. The molecule has 0 radical (unpaired) electrons. The number of aromatic nitrogens is 3. The number of amides is 1. The van der Waals surface area contributed by atoms with Gasteiger partial charge >= 0.3 is 0 Å². The minimum absolute atomic E-state index is 0.0372. The zero-order chi connectivity index (χ0) is 22.3. The van der Waals surface area contributed by atoms with E-state index < -0.39 is 0 Å². The van der Waals surface area contributed by atoms with Gasteiger partial charge in [-0.3, -0.25) is 14.5 Å². The van der Waals surface area contributed by atoms with Crippen LogP contribution in [0, 0.1) is 0 Å². The van der Waals surface area contributed by atoms with Crippen molar-refractivity contribution in [3.8, 4) is 17.0 Å². The Hall–Kier alpha value is -2.71. The van der Waals surface area contributed by atoms with Crippen LogP contribution in [0.25, 0.3) is 11.3 Å². The maximum atomic E-state index is 12.5. The van der Waals surface area contributed by atoms with Gasteiger partial charge in [0.25, 0.3) is 0 Å². The lowest BCUT2D eigenvalue weighted by atomic mass is 10.1. The quantitative estimate of drug-likeness (QED) is 0.459. The van der Waals surface area contributed by atoms with E-state index in [0.29, 0.717) is 25.5 Å². The second-order valence-electron chi connectivity index (χ2n) is 8.02. The van der Waals surface area contributed by atoms with Crippen LogP contribution in [0.15, 0.2) is 53.4 Å². The molecule has 4 rings (SSSR count). The maximum Gasteiger partial charge on any atom is 0.224 e. The van der Waals surface area contributed by atoms with Gasteiger partial charge in [0.2, 0.25) is 5.91 Å². The van der Waals surface area contributed by atoms with Crippen molar-refractivity contribution in [2.24, 2.45) is 7.05 Å². The largest absolute Gasteiger partial charge is 0.493 e. The lowest BCUT2D eigenvalue weighted by molar-refractivity contribution is -0.116. The zero-order valence-corrected chi connectivity index (χ0v) is 19.8. The molecule has 0 saturated carbocycles. The number of nitrogens with one attached hydrogen (secondary N) is 2. The number of hydrogen-bond donors (Lipinski definition) is 2. The first kappa shape index (κ1) is 22.5. The van der Waals surface area contributed by atoms with Gasteiger partial charge in [-0.2, -0.15) is 5.10 Å². The SMILES string of the molecule is Cn1ncc(Br)c1-c1cc(NC(=O)CCc2cccnc2)ccc1OCCC1CCCN1. The first-order valence-corrected chi connectivity index (χ1v) is 11.8. The van der Waals surface area contributed by atoms with Crippen molar-refractivity contribution in [2.75, 3.05) is 18.5 Å². The van der Waals surface area contributed by atoms with E-state index in [4.69, 9.17) is 4.74 Å². The highest BCUT2D eigenvalue weighted by atomic mass is 79.9. The van der Waals surface area contributed by atoms with Gasteiger partial charge in [-0.25, -0.2) is 0 Å². The summed E-state index contributed by atoms with van der Waals surface area (Å²) in [7, 11) is 1.89. The highest BCUT2D eigenvalue weighted by Crippen LogP contribution is 2.37. The second kappa shape index (κ2) is 10.7. The Labute approximate surface area is 196 Å². The normalized spacial score (nSPS) is 15.6. The molecule has 1 aliphatic rings. The summed E-state index contributed by atoms with van der Waals surface area (Å²) < 4.78 is 8.86. The van der Waals surface area contributed by atoms with E-state index in [1.165, 1.54) is 12.8 Å². The molecule has 3 heterocycles. The Bertz CT molecular complexity index is 1030. The molecule has 2 aromatic heterocycles. The number of ether oxygens (including phenoxy) is 1. The number of carbonyl (C=O) groups excluding carboxylic acids is 1. The Kier molecular flexibility index (Phi) is 7.55. The number of halogens is 1. The van der Waals surface area contributed by atoms with Crippen LogP contribution in [0.3, 0.4) is 0 Å². The molecule has 32 heavy (non-hydrogen) atoms. The predicted octanol–water partition coefficient (Wildman–Crippen LogP) is 4.34. The van der Waals surface area contributed by atoms with Crippen LogP contribution < -0.4 is 15.4 Å². The summed E-state index contributed by atoms with van der Waals surface area (Å²) >= 11 is 3.59. The third-order valence-electron chi connectivity index (χ3n) is 5.66. The minimum Gasteiger partial charge on any atom is -0.493 e. The van der Waals surface area contributed by atoms with Crippen LogP contribution >= 0.6 is 15.9 Å². The van der Waals surface area contributed by atoms with Gasteiger partial charge in [0.05, 0.1) is 23.0 Å². The van der Waals surface area contributed by atoms with Crippen molar-refractivity contribution in [3.05, 3.63) is 59.0 Å². The Morgan fingerprint density at radius 1 is 1.34 bits per heavy atom. The molecule has 1 aliphatic heterocycles. The summed E-state index contributed by atoms with van der Waals surface area (Å²) in [5.41, 5.74) is 3.57. The fourth-order valence-corrected chi connectivity index (χ4v) is 4.54. The smallest absolute Gasteiger partial charge is 0.224 e. The Morgan fingerprint density at radius 2 is 2.25 bits per heavy atom. The molecule has 2 N–H and O–H groups in total. The van der Waals surface area contributed by atoms with E-state index in [1.54, 1.807) is 23.3 Å². The lowest BCUT2D eigenvalue weighted by Gasteiger charge is -2.16. The number of rotatable bonds is 9. The summed E-state index contributed by atoms with van der Waals surface area (Å²) in [5.74, 6) is 0.741. The van der Waals surface area contributed by atoms with Crippen molar-refractivity contribution < 1.29 is 9.53 Å². The number of nitrogens with zero attached hydrogens (tertiary/aromatic N) is 3. The van der Waals surface area contributed by atoms with E-state index in [2.05, 4.69) is 36.6 Å². The topological polar surface area (TPSA) is 81.1 Å². The standard InChI is InChI=1S/C24H28BrN5O2/c1-30-24(21(25)16-28-30)20-14-19(29-23(31)9-6-17-4-2-11-26-15-17)7-8-22(20)32-13-10-18-5-3-12-27-18/h2,4,7-8,11,14-16,18,27H,3,5-6,9-10,12-13H2,1H3,(H,29,31). The van der Waals surface area contributed by atoms with Crippen molar-refractivity contribution in [3.63, 3.8) is 0 Å². The summed E-state index contributed by atoms with van der Waals surface area (Å²) in [6.45, 7) is 1.73. The highest BCUT2D eigenvalue weighted by molar-refractivity contribution is 9.10. The molecule has 1 amide bonds. The van der Waals surface area contributed by atoms with Crippen molar-refractivity contribution >= 4 is 27.5 Å². The predicted molar refractivity (Wildman–Crippen MR) is 129 cm³/mol. The molecule has 1 aromatic carbocycles. The van der Waals surface area contributed by atoms with Crippen LogP contribution in [-0.2, 0) is 18.3 Å². The molecule has 0 spiro atoms. The van der Waals surface area contributed by atoms with Crippen LogP contribution in [0.5, 0.6) is 5.75 Å². The Balaban J connectivity index is 1.47. The number of hydrogen-bond acceptors (Lipinski definition) is 5. The van der Waals surface area contributed by atoms with Crippen LogP contribution in [0.4, 0.5) is 5.69 Å². The molecule has 0 bridgehead atoms. The summed E-state index contributed by atoms with van der Waals surface area (Å²) in [6.07, 6.45) is 9.73. The maximum absolute atomic E-state index is 12.5. The van der Waals surface area contributed by atoms with E-state index in [9.17, 15) is 4.79 Å². The molecular weight excluding hydrogens is 470 g/mol. The summed E-state index contributed by atoms with van der Waals surface area (Å²) in [5, 5.41) is 10.9. The number of anilines is 1. The first-order valence-electron chi connectivity index (χ1n) is 11.0. The van der Waals surface area contributed by atoms with E-state index >= 15 is 0 Å². The van der Waals surface area contributed by atoms with E-state index in [-0.39, 0.29) is 5.91 Å². The molecule has 8 heteroatoms. The van der Waals surface area contributed by atoms with Gasteiger partial charge in [-0.15, -0.1) is 0 Å². The summed E-state index contributed by atoms with van der Waals surface area (Å²) in [6, 6.07) is 10.2. The van der Waals surface area contributed by atoms with Crippen LogP contribution in [0.1, 0.15) is 31.2 Å². The summed E-state index contributed by atoms with van der Waals surface area (Å²) in [4.78, 5) is 16.6. The van der Waals surface area contributed by atoms with Crippen LogP contribution in [0.2, 0.25) is 0 Å². The van der Waals surface area contributed by atoms with Crippen LogP contribution in [-0.4, -0.2) is 39.9 Å². The number of carbonyl (C=O) groups is 1. The van der Waals surface area contributed by atoms with E-state index in [1.807, 2.05) is 37.4 Å². The van der Waals surface area contributed by atoms with Gasteiger partial charge in [-0.1, -0.05) is 6.07 Å². The average molecular weight is 498 g/mol. The molecule has 1 unspecified atom stereocenters. The molecule has 168 valence electrons. The number of aryl methyl sites for hydroxylation is 2. The molecule has 0 aliphatic carbocycles. The Morgan fingerprint density at radius 3 is 2.97 bits per heavy atom. The van der Waals surface area contributed by atoms with Gasteiger partial charge < -0.3 is 15.4 Å². The third kappa shape index (κ3) is 5.75. The van der Waals surface area contributed by atoms with Gasteiger partial charge in [0.15, 0.2) is 0 Å². The van der Waals surface area contributed by atoms with Gasteiger partial charge in [0.1, 0.15) is 5.75 Å². The highest BCUT2D eigenvalue weighted by Gasteiger charge is 2.18. The number of benzene rings is 1. The monoisotopic (exact) mass is 497 g/mol. The fraction of sp³-hybridized carbons (Fsp3) is 0.375. The van der Waals surface area contributed by atoms with E-state index in [0.717, 1.165) is 45.7 Å². The van der Waals surface area contributed by atoms with Gasteiger partial charge in [-0.05, 0) is 78.0 Å². The fourth-order valence-electron chi connectivity index (χ4n) is 3.97. The average Bonchev–Trinajstić information content (AvgIpc) is 3.43. The molecule has 1 saturated heterocycles. The van der Waals surface area contributed by atoms with Gasteiger partial charge in [0, 0.05) is 43.2 Å². The molecule has 3 aromatic rings. The van der Waals surface area contributed by atoms with Crippen molar-refractivity contribution in [2.45, 2.75) is 38.1 Å². The minimum atomic E-state index is -0.0372. The lowest BCUT2D eigenvalue weighted by Crippen LogP contribution is -2.23. The molecule has 1 atom stereocenters. The van der Waals surface area contributed by atoms with Crippen molar-refractivity contribution in [1.29, 1.82) is 0 Å². The third-order valence-corrected chi connectivity index (χ3v) is 6.24. The van der Waals surface area contributed by atoms with Crippen molar-refractivity contribution in [1.82, 2.24) is 20.1 Å². The molecule has 7 nitrogen and oxygen atoms in total. The number of pyridine rings is 1. The molecular formula is C24H28BrN5O2. The molecule has 1 fully saturated rings. The zero-order valence-electron chi connectivity index (χ0n) is 18.2. The first-order chi connectivity index (χ1) is 15.6.